The van der Waals surface area contributed by atoms with Crippen molar-refractivity contribution in [1.82, 2.24) is 0 Å². The Morgan fingerprint density at radius 3 is 1.73 bits per heavy atom. The van der Waals surface area contributed by atoms with Gasteiger partial charge in [-0.1, -0.05) is 24.3 Å². The molecule has 26 heavy (non-hydrogen) atoms. The largest absolute Gasteiger partial charge is 0.508 e. The van der Waals surface area contributed by atoms with E-state index < -0.39 is 26.7 Å². The van der Waals surface area contributed by atoms with Gasteiger partial charge < -0.3 is 35.2 Å². The molecule has 0 aliphatic heterocycles. The van der Waals surface area contributed by atoms with E-state index in [1.807, 2.05) is 0 Å². The molecule has 9 nitrogen and oxygen atoms in total. The molecule has 0 heterocycles. The van der Waals surface area contributed by atoms with Crippen molar-refractivity contribution in [1.29, 1.82) is 0 Å². The van der Waals surface area contributed by atoms with E-state index >= 15 is 0 Å². The van der Waals surface area contributed by atoms with E-state index in [0.29, 0.717) is 0 Å². The van der Waals surface area contributed by atoms with Gasteiger partial charge in [-0.2, -0.15) is 0 Å². The summed E-state index contributed by atoms with van der Waals surface area (Å²) in [7, 11) is -10.9. The average Bonchev–Trinajstić information content (AvgIpc) is 2.54. The number of aromatic hydroxyl groups is 1. The Morgan fingerprint density at radius 2 is 1.31 bits per heavy atom. The summed E-state index contributed by atoms with van der Waals surface area (Å²) in [5, 5.41) is 6.18. The standard InChI is InChI=1S/C15H19NO8P2/c16-10-12-3-1-11(2-4-12)9-15(25(18,19)20,26(21,22)23)24-14-7-5-13(17)6-8-14/h1-8,17H,9-10,16H2,(H2,18,19,20)(H2,21,22,23). The quantitative estimate of drug-likeness (QED) is 0.375. The lowest BCUT2D eigenvalue weighted by atomic mass is 10.1. The first kappa shape index (κ1) is 20.6. The molecule has 0 aliphatic carbocycles. The molecule has 0 amide bonds. The Morgan fingerprint density at radius 1 is 0.846 bits per heavy atom. The zero-order valence-corrected chi connectivity index (χ0v) is 15.3. The monoisotopic (exact) mass is 403 g/mol. The van der Waals surface area contributed by atoms with Gasteiger partial charge in [-0.3, -0.25) is 9.13 Å². The Kier molecular flexibility index (Phi) is 5.95. The molecule has 7 N–H and O–H groups in total. The lowest BCUT2D eigenvalue weighted by Gasteiger charge is -2.35. The Hall–Kier alpha value is -1.70. The van der Waals surface area contributed by atoms with Gasteiger partial charge in [0.1, 0.15) is 11.5 Å². The van der Waals surface area contributed by atoms with Gasteiger partial charge >= 0.3 is 20.3 Å². The maximum atomic E-state index is 12.1. The smallest absolute Gasteiger partial charge is 0.381 e. The van der Waals surface area contributed by atoms with Crippen molar-refractivity contribution in [2.24, 2.45) is 5.73 Å². The molecular weight excluding hydrogens is 384 g/mol. The van der Waals surface area contributed by atoms with Crippen LogP contribution in [0.2, 0.25) is 0 Å². The van der Waals surface area contributed by atoms with Crippen LogP contribution < -0.4 is 10.5 Å². The minimum Gasteiger partial charge on any atom is -0.508 e. The summed E-state index contributed by atoms with van der Waals surface area (Å²) < 4.78 is 29.4. The summed E-state index contributed by atoms with van der Waals surface area (Å²) in [4.78, 5) is 39.1. The van der Waals surface area contributed by atoms with Crippen LogP contribution in [-0.4, -0.2) is 29.8 Å². The third-order valence-corrected chi connectivity index (χ3v) is 7.60. The van der Waals surface area contributed by atoms with Gasteiger partial charge in [0, 0.05) is 13.0 Å². The molecule has 0 saturated carbocycles. The van der Waals surface area contributed by atoms with Gasteiger partial charge in [-0.15, -0.1) is 0 Å². The van der Waals surface area contributed by atoms with E-state index in [2.05, 4.69) is 0 Å². The number of phenols is 1. The van der Waals surface area contributed by atoms with Crippen molar-refractivity contribution in [3.63, 3.8) is 0 Å². The molecule has 0 spiro atoms. The first-order valence-corrected chi connectivity index (χ1v) is 10.6. The zero-order valence-electron chi connectivity index (χ0n) is 13.5. The van der Waals surface area contributed by atoms with Crippen molar-refractivity contribution in [3.8, 4) is 11.5 Å². The molecule has 11 heteroatoms. The lowest BCUT2D eigenvalue weighted by Crippen LogP contribution is -2.38. The second-order valence-electron chi connectivity index (χ2n) is 5.62. The SMILES string of the molecule is NCc1ccc(CC(Oc2ccc(O)cc2)(P(=O)(O)O)P(=O)(O)O)cc1. The van der Waals surface area contributed by atoms with Crippen molar-refractivity contribution in [3.05, 3.63) is 59.7 Å². The summed E-state index contributed by atoms with van der Waals surface area (Å²) in [6.45, 7) is 0.242. The number of hydrogen-bond acceptors (Lipinski definition) is 5. The molecule has 0 saturated heterocycles. The zero-order chi connectivity index (χ0) is 19.6. The van der Waals surface area contributed by atoms with Crippen LogP contribution >= 0.6 is 15.2 Å². The molecule has 0 unspecified atom stereocenters. The summed E-state index contributed by atoms with van der Waals surface area (Å²) in [5.41, 5.74) is 6.47. The van der Waals surface area contributed by atoms with Crippen LogP contribution in [0.4, 0.5) is 0 Å². The predicted octanol–water partition coefficient (Wildman–Crippen LogP) is 1.48. The average molecular weight is 403 g/mol. The van der Waals surface area contributed by atoms with Crippen LogP contribution in [-0.2, 0) is 22.1 Å². The van der Waals surface area contributed by atoms with Gasteiger partial charge in [-0.25, -0.2) is 0 Å². The highest BCUT2D eigenvalue weighted by Crippen LogP contribution is 2.70. The molecule has 0 aliphatic rings. The van der Waals surface area contributed by atoms with Gasteiger partial charge in [0.15, 0.2) is 0 Å². The number of hydrogen-bond donors (Lipinski definition) is 6. The number of rotatable bonds is 7. The molecule has 0 atom stereocenters. The molecule has 2 aromatic rings. The summed E-state index contributed by atoms with van der Waals surface area (Å²) in [6, 6.07) is 10.7. The highest BCUT2D eigenvalue weighted by Gasteiger charge is 2.63. The van der Waals surface area contributed by atoms with E-state index in [-0.39, 0.29) is 23.6 Å². The lowest BCUT2D eigenvalue weighted by molar-refractivity contribution is 0.152. The van der Waals surface area contributed by atoms with Crippen molar-refractivity contribution >= 4 is 15.2 Å². The molecule has 0 fully saturated rings. The first-order chi connectivity index (χ1) is 12.0. The minimum atomic E-state index is -5.46. The Labute approximate surface area is 149 Å². The molecule has 0 bridgehead atoms. The van der Waals surface area contributed by atoms with Crippen LogP contribution in [0.1, 0.15) is 11.1 Å². The maximum Gasteiger partial charge on any atom is 0.381 e. The van der Waals surface area contributed by atoms with Crippen LogP contribution in [0.3, 0.4) is 0 Å². The first-order valence-electron chi connectivity index (χ1n) is 7.36. The number of phenolic OH excluding ortho intramolecular Hbond substituents is 1. The molecule has 142 valence electrons. The maximum absolute atomic E-state index is 12.1. The normalized spacial score (nSPS) is 12.8. The van der Waals surface area contributed by atoms with Crippen molar-refractivity contribution < 1.29 is 38.5 Å². The Balaban J connectivity index is 2.53. The molecule has 2 rings (SSSR count). The van der Waals surface area contributed by atoms with Gasteiger partial charge in [0.05, 0.1) is 0 Å². The summed E-state index contributed by atoms with van der Waals surface area (Å²) >= 11 is 0. The summed E-state index contributed by atoms with van der Waals surface area (Å²) in [6.07, 6.45) is -0.743. The van der Waals surface area contributed by atoms with Crippen molar-refractivity contribution in [2.45, 2.75) is 18.0 Å². The number of benzene rings is 2. The van der Waals surface area contributed by atoms with E-state index in [1.165, 1.54) is 12.1 Å². The number of nitrogens with two attached hydrogens (primary N) is 1. The molecule has 2 aromatic carbocycles. The van der Waals surface area contributed by atoms with Crippen LogP contribution in [0.25, 0.3) is 0 Å². The van der Waals surface area contributed by atoms with E-state index in [1.54, 1.807) is 12.1 Å². The fourth-order valence-electron chi connectivity index (χ4n) is 2.29. The van der Waals surface area contributed by atoms with Gasteiger partial charge in [-0.05, 0) is 35.4 Å². The van der Waals surface area contributed by atoms with E-state index in [0.717, 1.165) is 29.8 Å². The topological polar surface area (TPSA) is 171 Å². The highest BCUT2D eigenvalue weighted by atomic mass is 31.2. The van der Waals surface area contributed by atoms with E-state index in [9.17, 15) is 33.8 Å². The second-order valence-corrected chi connectivity index (χ2v) is 9.60. The van der Waals surface area contributed by atoms with Crippen LogP contribution in [0.5, 0.6) is 11.5 Å². The molecule has 0 radical (unpaired) electrons. The Bertz CT molecular complexity index is 819. The fraction of sp³-hybridized carbons (Fsp3) is 0.200. The third-order valence-electron chi connectivity index (χ3n) is 3.72. The minimum absolute atomic E-state index is 0.146. The van der Waals surface area contributed by atoms with Crippen LogP contribution in [0, 0.1) is 0 Å². The van der Waals surface area contributed by atoms with Gasteiger partial charge in [0.2, 0.25) is 0 Å². The fourth-order valence-corrected chi connectivity index (χ4v) is 4.88. The third kappa shape index (κ3) is 4.34. The highest BCUT2D eigenvalue weighted by molar-refractivity contribution is 7.72. The second kappa shape index (κ2) is 7.50. The van der Waals surface area contributed by atoms with Gasteiger partial charge in [0.25, 0.3) is 0 Å². The predicted molar refractivity (Wildman–Crippen MR) is 93.6 cm³/mol. The summed E-state index contributed by atoms with van der Waals surface area (Å²) in [5.74, 6) is -0.360. The van der Waals surface area contributed by atoms with E-state index in [4.69, 9.17) is 10.5 Å². The van der Waals surface area contributed by atoms with Crippen molar-refractivity contribution in [2.75, 3.05) is 0 Å². The molecular formula is C15H19NO8P2. The van der Waals surface area contributed by atoms with Crippen LogP contribution in [0.15, 0.2) is 48.5 Å². The molecule has 0 aromatic heterocycles. The number of ether oxygens (including phenoxy) is 1.